The largest absolute Gasteiger partial charge is 0.492 e. The standard InChI is InChI=1S/C21H23ClN2O5/c1-12-4-5-17-14-9-20(29-7-3-6-28-2)16(22)8-13(14)18-10-19(25)15(21(26)27)11-23(18)24(12)17/h8-12,17H,3-7H2,1-2H3,(H,26,27)/t12-,17?/m0/s1. The zero-order valence-electron chi connectivity index (χ0n) is 16.4. The summed E-state index contributed by atoms with van der Waals surface area (Å²) in [4.78, 5) is 23.9. The van der Waals surface area contributed by atoms with Crippen molar-refractivity contribution in [1.82, 2.24) is 4.68 Å². The second-order valence-electron chi connectivity index (χ2n) is 7.47. The molecule has 0 aliphatic carbocycles. The molecule has 0 amide bonds. The van der Waals surface area contributed by atoms with Crippen LogP contribution in [0.15, 0.2) is 29.2 Å². The Kier molecular flexibility index (Phi) is 5.27. The lowest BCUT2D eigenvalue weighted by Crippen LogP contribution is -2.43. The molecule has 0 saturated carbocycles. The molecule has 8 heteroatoms. The molecule has 1 fully saturated rings. The molecule has 1 saturated heterocycles. The third kappa shape index (κ3) is 3.38. The van der Waals surface area contributed by atoms with Crippen LogP contribution in [-0.4, -0.2) is 42.1 Å². The Bertz CT molecular complexity index is 1020. The molecule has 2 atom stereocenters. The van der Waals surface area contributed by atoms with Gasteiger partial charge in [-0.15, -0.1) is 0 Å². The molecule has 0 radical (unpaired) electrons. The fraction of sp³-hybridized carbons (Fsp3) is 0.429. The second-order valence-corrected chi connectivity index (χ2v) is 7.88. The van der Waals surface area contributed by atoms with Crippen molar-refractivity contribution in [3.05, 3.63) is 50.8 Å². The average Bonchev–Trinajstić information content (AvgIpc) is 3.07. The van der Waals surface area contributed by atoms with E-state index in [0.717, 1.165) is 30.4 Å². The number of benzene rings is 1. The van der Waals surface area contributed by atoms with Gasteiger partial charge in [0.15, 0.2) is 5.43 Å². The summed E-state index contributed by atoms with van der Waals surface area (Å²) in [5.74, 6) is -0.615. The molecule has 2 aliphatic heterocycles. The molecule has 0 bridgehead atoms. The number of aromatic carboxylic acids is 1. The van der Waals surface area contributed by atoms with Gasteiger partial charge in [-0.2, -0.15) is 0 Å². The Morgan fingerprint density at radius 3 is 2.79 bits per heavy atom. The number of halogens is 1. The highest BCUT2D eigenvalue weighted by Crippen LogP contribution is 2.46. The molecule has 154 valence electrons. The molecular formula is C21H23ClN2O5. The number of ether oxygens (including phenoxy) is 2. The van der Waals surface area contributed by atoms with Crippen LogP contribution in [0.5, 0.6) is 5.75 Å². The van der Waals surface area contributed by atoms with Crippen LogP contribution in [0.2, 0.25) is 5.02 Å². The summed E-state index contributed by atoms with van der Waals surface area (Å²) in [5.41, 5.74) is 1.77. The first-order chi connectivity index (χ1) is 13.9. The highest BCUT2D eigenvalue weighted by molar-refractivity contribution is 6.32. The fourth-order valence-corrected chi connectivity index (χ4v) is 4.49. The lowest BCUT2D eigenvalue weighted by atomic mass is 9.94. The normalized spacial score (nSPS) is 19.5. The summed E-state index contributed by atoms with van der Waals surface area (Å²) >= 11 is 6.48. The lowest BCUT2D eigenvalue weighted by molar-refractivity contribution is 0.0694. The molecule has 1 aromatic carbocycles. The minimum absolute atomic E-state index is 0.0650. The first kappa shape index (κ1) is 19.8. The van der Waals surface area contributed by atoms with E-state index in [9.17, 15) is 14.7 Å². The van der Waals surface area contributed by atoms with Crippen LogP contribution in [0.4, 0.5) is 0 Å². The van der Waals surface area contributed by atoms with E-state index < -0.39 is 11.4 Å². The van der Waals surface area contributed by atoms with E-state index >= 15 is 0 Å². The van der Waals surface area contributed by atoms with E-state index in [0.29, 0.717) is 29.7 Å². The minimum Gasteiger partial charge on any atom is -0.492 e. The predicted octanol–water partition coefficient (Wildman–Crippen LogP) is 3.46. The maximum Gasteiger partial charge on any atom is 0.341 e. The van der Waals surface area contributed by atoms with Crippen LogP contribution in [0, 0.1) is 0 Å². The smallest absolute Gasteiger partial charge is 0.341 e. The molecule has 1 N–H and O–H groups in total. The molecule has 2 aromatic rings. The summed E-state index contributed by atoms with van der Waals surface area (Å²) in [6.45, 7) is 3.21. The highest BCUT2D eigenvalue weighted by atomic mass is 35.5. The van der Waals surface area contributed by atoms with Gasteiger partial charge >= 0.3 is 5.97 Å². The molecule has 7 nitrogen and oxygen atoms in total. The van der Waals surface area contributed by atoms with E-state index in [1.165, 1.54) is 12.3 Å². The number of carboxylic acid groups (broad SMARTS) is 1. The van der Waals surface area contributed by atoms with Gasteiger partial charge in [-0.05, 0) is 37.5 Å². The van der Waals surface area contributed by atoms with Crippen LogP contribution >= 0.6 is 11.6 Å². The van der Waals surface area contributed by atoms with Crippen molar-refractivity contribution < 1.29 is 19.4 Å². The van der Waals surface area contributed by atoms with Gasteiger partial charge in [-0.1, -0.05) is 11.6 Å². The zero-order chi connectivity index (χ0) is 20.7. The number of carboxylic acids is 1. The van der Waals surface area contributed by atoms with Gasteiger partial charge < -0.3 is 19.6 Å². The van der Waals surface area contributed by atoms with Gasteiger partial charge in [-0.25, -0.2) is 4.79 Å². The number of aromatic nitrogens is 1. The predicted molar refractivity (Wildman–Crippen MR) is 110 cm³/mol. The van der Waals surface area contributed by atoms with Crippen molar-refractivity contribution in [3.8, 4) is 17.0 Å². The number of nitrogens with zero attached hydrogens (tertiary/aromatic N) is 2. The summed E-state index contributed by atoms with van der Waals surface area (Å²) in [6, 6.07) is 5.43. The first-order valence-corrected chi connectivity index (χ1v) is 10.0. The lowest BCUT2D eigenvalue weighted by Gasteiger charge is -2.40. The number of hydrogen-bond acceptors (Lipinski definition) is 5. The zero-order valence-corrected chi connectivity index (χ0v) is 17.1. The fourth-order valence-electron chi connectivity index (χ4n) is 4.27. The Morgan fingerprint density at radius 1 is 1.28 bits per heavy atom. The number of fused-ring (bicyclic) bond motifs is 6. The van der Waals surface area contributed by atoms with Gasteiger partial charge in [0.1, 0.15) is 11.3 Å². The Labute approximate surface area is 173 Å². The average molecular weight is 419 g/mol. The van der Waals surface area contributed by atoms with Crippen LogP contribution in [-0.2, 0) is 4.74 Å². The first-order valence-electron chi connectivity index (χ1n) is 9.66. The van der Waals surface area contributed by atoms with Crippen LogP contribution < -0.4 is 15.2 Å². The van der Waals surface area contributed by atoms with E-state index in [1.54, 1.807) is 7.11 Å². The molecule has 1 aromatic heterocycles. The number of pyridine rings is 1. The topological polar surface area (TPSA) is 81.0 Å². The van der Waals surface area contributed by atoms with E-state index in [-0.39, 0.29) is 17.6 Å². The Hall–Kier alpha value is -2.51. The van der Waals surface area contributed by atoms with Crippen molar-refractivity contribution >= 4 is 17.6 Å². The highest BCUT2D eigenvalue weighted by Gasteiger charge is 2.39. The molecule has 2 aliphatic rings. The second kappa shape index (κ2) is 7.72. The van der Waals surface area contributed by atoms with Crippen LogP contribution in [0.1, 0.15) is 48.1 Å². The molecule has 3 heterocycles. The van der Waals surface area contributed by atoms with Gasteiger partial charge in [-0.3, -0.25) is 9.47 Å². The van der Waals surface area contributed by atoms with Gasteiger partial charge in [0.2, 0.25) is 0 Å². The van der Waals surface area contributed by atoms with E-state index in [1.807, 2.05) is 16.8 Å². The van der Waals surface area contributed by atoms with Gasteiger partial charge in [0.05, 0.1) is 23.4 Å². The van der Waals surface area contributed by atoms with E-state index in [2.05, 4.69) is 11.9 Å². The Balaban J connectivity index is 1.83. The Morgan fingerprint density at radius 2 is 2.07 bits per heavy atom. The molecule has 1 unspecified atom stereocenters. The van der Waals surface area contributed by atoms with Crippen LogP contribution in [0.3, 0.4) is 0 Å². The maximum absolute atomic E-state index is 12.4. The quantitative estimate of drug-likeness (QED) is 0.723. The van der Waals surface area contributed by atoms with Gasteiger partial charge in [0.25, 0.3) is 0 Å². The summed E-state index contributed by atoms with van der Waals surface area (Å²) < 4.78 is 12.7. The molecule has 0 spiro atoms. The summed E-state index contributed by atoms with van der Waals surface area (Å²) in [7, 11) is 1.65. The van der Waals surface area contributed by atoms with Crippen molar-refractivity contribution in [1.29, 1.82) is 0 Å². The van der Waals surface area contributed by atoms with Crippen molar-refractivity contribution in [2.75, 3.05) is 25.3 Å². The molecule has 29 heavy (non-hydrogen) atoms. The SMILES string of the molecule is COCCCOc1cc2c(cc1Cl)-c1cc(=O)c(C(=O)O)cn1N1C2CC[C@@H]1C. The molecular weight excluding hydrogens is 396 g/mol. The number of carbonyl (C=O) groups is 1. The van der Waals surface area contributed by atoms with E-state index in [4.69, 9.17) is 21.1 Å². The third-order valence-electron chi connectivity index (χ3n) is 5.63. The summed E-state index contributed by atoms with van der Waals surface area (Å²) in [6.07, 6.45) is 4.07. The maximum atomic E-state index is 12.4. The van der Waals surface area contributed by atoms with Crippen LogP contribution in [0.25, 0.3) is 11.3 Å². The molecule has 4 rings (SSSR count). The summed E-state index contributed by atoms with van der Waals surface area (Å²) in [5, 5.41) is 12.0. The van der Waals surface area contributed by atoms with Crippen molar-refractivity contribution in [3.63, 3.8) is 0 Å². The monoisotopic (exact) mass is 418 g/mol. The minimum atomic E-state index is -1.22. The third-order valence-corrected chi connectivity index (χ3v) is 5.92. The van der Waals surface area contributed by atoms with Gasteiger partial charge in [0, 0.05) is 44.0 Å². The number of hydrogen-bond donors (Lipinski definition) is 1. The van der Waals surface area contributed by atoms with Crippen molar-refractivity contribution in [2.45, 2.75) is 38.3 Å². The number of rotatable bonds is 6. The van der Waals surface area contributed by atoms with Crippen molar-refractivity contribution in [2.24, 2.45) is 0 Å². The number of methoxy groups -OCH3 is 1.